The number of carbonyl (C=O) groups is 1. The lowest BCUT2D eigenvalue weighted by atomic mass is 10.0. The summed E-state index contributed by atoms with van der Waals surface area (Å²) in [4.78, 5) is 11.0. The van der Waals surface area contributed by atoms with Crippen LogP contribution in [-0.2, 0) is 4.79 Å². The van der Waals surface area contributed by atoms with Crippen molar-refractivity contribution < 1.29 is 9.18 Å². The monoisotopic (exact) mass is 338 g/mol. The Labute approximate surface area is 128 Å². The first-order valence-electron chi connectivity index (χ1n) is 6.77. The van der Waals surface area contributed by atoms with Crippen LogP contribution in [0.25, 0.3) is 0 Å². The molecule has 108 valence electrons. The standard InChI is InChI=1S/C17H20BrFO/c1-3-4-6-15(17(19)11-18)7-5-8-16(12-20)13(2)14-9-10-14/h4-8,12,14H,2-3,9-11H2,1H3/b6-4-,7-5+,16-8-,17-15-. The fourth-order valence-corrected chi connectivity index (χ4v) is 2.03. The van der Waals surface area contributed by atoms with Gasteiger partial charge in [-0.25, -0.2) is 4.39 Å². The van der Waals surface area contributed by atoms with Crippen molar-refractivity contribution in [1.29, 1.82) is 0 Å². The molecule has 0 saturated heterocycles. The summed E-state index contributed by atoms with van der Waals surface area (Å²) in [6.45, 7) is 5.94. The van der Waals surface area contributed by atoms with Gasteiger partial charge in [-0.15, -0.1) is 0 Å². The van der Waals surface area contributed by atoms with E-state index in [0.29, 0.717) is 17.1 Å². The summed E-state index contributed by atoms with van der Waals surface area (Å²) in [6.07, 6.45) is 12.6. The minimum absolute atomic E-state index is 0.180. The molecule has 0 atom stereocenters. The van der Waals surface area contributed by atoms with Gasteiger partial charge in [0.25, 0.3) is 0 Å². The summed E-state index contributed by atoms with van der Waals surface area (Å²) in [5.41, 5.74) is 2.00. The number of rotatable bonds is 8. The van der Waals surface area contributed by atoms with Gasteiger partial charge in [-0.2, -0.15) is 0 Å². The Bertz CT molecular complexity index is 479. The van der Waals surface area contributed by atoms with Gasteiger partial charge in [-0.05, 0) is 30.8 Å². The van der Waals surface area contributed by atoms with Crippen molar-refractivity contribution in [1.82, 2.24) is 0 Å². The molecule has 1 fully saturated rings. The van der Waals surface area contributed by atoms with Gasteiger partial charge in [0.2, 0.25) is 0 Å². The van der Waals surface area contributed by atoms with Crippen LogP contribution in [0.1, 0.15) is 26.2 Å². The zero-order valence-corrected chi connectivity index (χ0v) is 13.3. The van der Waals surface area contributed by atoms with E-state index in [-0.39, 0.29) is 11.2 Å². The average Bonchev–Trinajstić information content (AvgIpc) is 3.30. The third kappa shape index (κ3) is 5.41. The largest absolute Gasteiger partial charge is 0.298 e. The Morgan fingerprint density at radius 2 is 2.10 bits per heavy atom. The molecule has 1 saturated carbocycles. The molecule has 0 radical (unpaired) electrons. The number of hydrogen-bond donors (Lipinski definition) is 0. The van der Waals surface area contributed by atoms with E-state index in [1.165, 1.54) is 0 Å². The SMILES string of the molecule is C=C(\C(C=O)=C/C=C/C(/C=C\CC)=C(\F)CBr)C1CC1. The van der Waals surface area contributed by atoms with Crippen LogP contribution in [0.3, 0.4) is 0 Å². The summed E-state index contributed by atoms with van der Waals surface area (Å²) in [6, 6.07) is 0. The molecule has 0 aliphatic heterocycles. The molecule has 0 N–H and O–H groups in total. The molecule has 20 heavy (non-hydrogen) atoms. The summed E-state index contributed by atoms with van der Waals surface area (Å²) < 4.78 is 13.6. The molecule has 0 aromatic carbocycles. The molecule has 1 aliphatic carbocycles. The van der Waals surface area contributed by atoms with Crippen LogP contribution >= 0.6 is 15.9 Å². The van der Waals surface area contributed by atoms with Crippen molar-refractivity contribution in [2.45, 2.75) is 26.2 Å². The van der Waals surface area contributed by atoms with Crippen LogP contribution in [-0.4, -0.2) is 11.6 Å². The summed E-state index contributed by atoms with van der Waals surface area (Å²) >= 11 is 3.11. The maximum absolute atomic E-state index is 13.6. The van der Waals surface area contributed by atoms with E-state index in [9.17, 15) is 9.18 Å². The first-order valence-corrected chi connectivity index (χ1v) is 7.90. The number of alkyl halides is 1. The minimum Gasteiger partial charge on any atom is -0.298 e. The normalized spacial score (nSPS) is 17.6. The van der Waals surface area contributed by atoms with Crippen LogP contribution < -0.4 is 0 Å². The fourth-order valence-electron chi connectivity index (χ4n) is 1.70. The van der Waals surface area contributed by atoms with Crippen molar-refractivity contribution in [3.05, 3.63) is 59.5 Å². The highest BCUT2D eigenvalue weighted by Crippen LogP contribution is 2.38. The number of halogens is 2. The first kappa shape index (κ1) is 16.8. The molecular weight excluding hydrogens is 319 g/mol. The highest BCUT2D eigenvalue weighted by atomic mass is 79.9. The predicted octanol–water partition coefficient (Wildman–Crippen LogP) is 5.22. The molecule has 0 aromatic rings. The second-order valence-electron chi connectivity index (χ2n) is 4.70. The first-order chi connectivity index (χ1) is 9.63. The lowest BCUT2D eigenvalue weighted by Gasteiger charge is -2.01. The predicted molar refractivity (Wildman–Crippen MR) is 86.5 cm³/mol. The third-order valence-electron chi connectivity index (χ3n) is 3.08. The van der Waals surface area contributed by atoms with E-state index in [1.54, 1.807) is 24.3 Å². The lowest BCUT2D eigenvalue weighted by molar-refractivity contribution is -0.104. The van der Waals surface area contributed by atoms with Gasteiger partial charge in [-0.3, -0.25) is 4.79 Å². The second-order valence-corrected chi connectivity index (χ2v) is 5.26. The molecular formula is C17H20BrFO. The second kappa shape index (κ2) is 8.85. The van der Waals surface area contributed by atoms with Crippen LogP contribution in [0.4, 0.5) is 4.39 Å². The van der Waals surface area contributed by atoms with E-state index in [2.05, 4.69) is 22.5 Å². The molecule has 0 unspecified atom stereocenters. The molecule has 3 heteroatoms. The van der Waals surface area contributed by atoms with Crippen molar-refractivity contribution in [3.63, 3.8) is 0 Å². The van der Waals surface area contributed by atoms with Gasteiger partial charge >= 0.3 is 0 Å². The quantitative estimate of drug-likeness (QED) is 0.256. The molecule has 0 heterocycles. The van der Waals surface area contributed by atoms with Crippen molar-refractivity contribution >= 4 is 22.2 Å². The minimum atomic E-state index is -0.229. The molecule has 0 bridgehead atoms. The van der Waals surface area contributed by atoms with Gasteiger partial charge in [0.15, 0.2) is 0 Å². The lowest BCUT2D eigenvalue weighted by Crippen LogP contribution is -1.91. The Balaban J connectivity index is 2.83. The van der Waals surface area contributed by atoms with Gasteiger partial charge in [0.05, 0.1) is 5.33 Å². The Kier molecular flexibility index (Phi) is 7.45. The van der Waals surface area contributed by atoms with Crippen LogP contribution in [0.2, 0.25) is 0 Å². The van der Waals surface area contributed by atoms with Gasteiger partial charge in [0, 0.05) is 11.1 Å². The van der Waals surface area contributed by atoms with Crippen LogP contribution in [0.5, 0.6) is 0 Å². The van der Waals surface area contributed by atoms with Gasteiger partial charge in [-0.1, -0.05) is 59.8 Å². The van der Waals surface area contributed by atoms with Crippen molar-refractivity contribution in [3.8, 4) is 0 Å². The van der Waals surface area contributed by atoms with Crippen LogP contribution in [0, 0.1) is 5.92 Å². The molecule has 1 rings (SSSR count). The zero-order valence-electron chi connectivity index (χ0n) is 11.7. The van der Waals surface area contributed by atoms with Gasteiger partial charge < -0.3 is 0 Å². The smallest absolute Gasteiger partial charge is 0.150 e. The molecule has 0 spiro atoms. The number of hydrogen-bond acceptors (Lipinski definition) is 1. The van der Waals surface area contributed by atoms with E-state index in [0.717, 1.165) is 31.1 Å². The maximum Gasteiger partial charge on any atom is 0.150 e. The van der Waals surface area contributed by atoms with E-state index in [1.807, 2.05) is 13.0 Å². The summed E-state index contributed by atoms with van der Waals surface area (Å²) in [5, 5.41) is 0.180. The molecule has 1 nitrogen and oxygen atoms in total. The Hall–Kier alpha value is -1.22. The average molecular weight is 339 g/mol. The zero-order chi connectivity index (χ0) is 15.0. The van der Waals surface area contributed by atoms with Gasteiger partial charge in [0.1, 0.15) is 12.1 Å². The number of aldehydes is 1. The van der Waals surface area contributed by atoms with E-state index >= 15 is 0 Å². The molecule has 1 aliphatic rings. The molecule has 0 aromatic heterocycles. The Morgan fingerprint density at radius 1 is 1.40 bits per heavy atom. The van der Waals surface area contributed by atoms with Crippen molar-refractivity contribution in [2.24, 2.45) is 5.92 Å². The van der Waals surface area contributed by atoms with Crippen molar-refractivity contribution in [2.75, 3.05) is 5.33 Å². The van der Waals surface area contributed by atoms with Crippen LogP contribution in [0.15, 0.2) is 59.5 Å². The Morgan fingerprint density at radius 3 is 2.60 bits per heavy atom. The van der Waals surface area contributed by atoms with E-state index in [4.69, 9.17) is 0 Å². The summed E-state index contributed by atoms with van der Waals surface area (Å²) in [7, 11) is 0. The fraction of sp³-hybridized carbons (Fsp3) is 0.353. The maximum atomic E-state index is 13.6. The topological polar surface area (TPSA) is 17.1 Å². The highest BCUT2D eigenvalue weighted by Gasteiger charge is 2.26. The number of carbonyl (C=O) groups excluding carboxylic acids is 1. The third-order valence-corrected chi connectivity index (χ3v) is 3.58. The number of allylic oxidation sites excluding steroid dienone is 9. The highest BCUT2D eigenvalue weighted by molar-refractivity contribution is 9.09. The van der Waals surface area contributed by atoms with E-state index < -0.39 is 0 Å². The molecule has 0 amide bonds. The summed E-state index contributed by atoms with van der Waals surface area (Å²) in [5.74, 6) is 0.224.